The highest BCUT2D eigenvalue weighted by Gasteiger charge is 2.46. The SMILES string of the molecule is CC(C)C(CO)Nc1nc(Nc2ccc(S(=O)(=O)C(F)(F)F)cc2)ncc1Br. The summed E-state index contributed by atoms with van der Waals surface area (Å²) in [5, 5.41) is 15.3. The van der Waals surface area contributed by atoms with Gasteiger partial charge in [0.1, 0.15) is 5.82 Å². The monoisotopic (exact) mass is 482 g/mol. The van der Waals surface area contributed by atoms with Crippen molar-refractivity contribution in [2.45, 2.75) is 30.3 Å². The van der Waals surface area contributed by atoms with Crippen molar-refractivity contribution in [2.24, 2.45) is 5.92 Å². The van der Waals surface area contributed by atoms with E-state index in [0.29, 0.717) is 16.0 Å². The number of hydrogen-bond acceptors (Lipinski definition) is 7. The Morgan fingerprint density at radius 1 is 1.21 bits per heavy atom. The van der Waals surface area contributed by atoms with E-state index in [1.807, 2.05) is 13.8 Å². The van der Waals surface area contributed by atoms with Crippen LogP contribution in [-0.4, -0.2) is 41.6 Å². The number of alkyl halides is 3. The van der Waals surface area contributed by atoms with Gasteiger partial charge in [-0.3, -0.25) is 0 Å². The fourth-order valence-electron chi connectivity index (χ4n) is 2.11. The standard InChI is InChI=1S/C16H18BrF3N4O3S/c1-9(2)13(8-25)23-14-12(17)7-21-15(24-14)22-10-3-5-11(6-4-10)28(26,27)16(18,19)20/h3-7,9,13,25H,8H2,1-2H3,(H2,21,22,23,24). The van der Waals surface area contributed by atoms with Gasteiger partial charge in [-0.15, -0.1) is 0 Å². The number of rotatable bonds is 7. The summed E-state index contributed by atoms with van der Waals surface area (Å²) in [7, 11) is -5.40. The van der Waals surface area contributed by atoms with Gasteiger partial charge in [0.15, 0.2) is 0 Å². The molecule has 1 aromatic heterocycles. The molecule has 1 unspecified atom stereocenters. The molecule has 154 valence electrons. The van der Waals surface area contributed by atoms with Crippen LogP contribution < -0.4 is 10.6 Å². The van der Waals surface area contributed by atoms with Crippen molar-refractivity contribution in [2.75, 3.05) is 17.2 Å². The normalized spacial score (nSPS) is 13.4. The molecule has 0 bridgehead atoms. The average molecular weight is 483 g/mol. The highest BCUT2D eigenvalue weighted by molar-refractivity contribution is 9.10. The third-order valence-corrected chi connectivity index (χ3v) is 5.88. The first-order valence-corrected chi connectivity index (χ1v) is 10.3. The maximum absolute atomic E-state index is 12.6. The van der Waals surface area contributed by atoms with Crippen LogP contribution >= 0.6 is 15.9 Å². The molecule has 0 saturated carbocycles. The average Bonchev–Trinajstić information content (AvgIpc) is 2.61. The number of sulfone groups is 1. The first-order valence-electron chi connectivity index (χ1n) is 8.04. The third-order valence-electron chi connectivity index (χ3n) is 3.79. The maximum Gasteiger partial charge on any atom is 0.501 e. The van der Waals surface area contributed by atoms with E-state index in [0.717, 1.165) is 12.1 Å². The second-order valence-electron chi connectivity index (χ2n) is 6.17. The lowest BCUT2D eigenvalue weighted by Gasteiger charge is -2.21. The lowest BCUT2D eigenvalue weighted by molar-refractivity contribution is -0.0436. The van der Waals surface area contributed by atoms with Gasteiger partial charge in [-0.1, -0.05) is 13.8 Å². The van der Waals surface area contributed by atoms with Crippen LogP contribution in [0.15, 0.2) is 39.8 Å². The highest BCUT2D eigenvalue weighted by Crippen LogP contribution is 2.31. The molecule has 2 rings (SSSR count). The number of nitrogens with one attached hydrogen (secondary N) is 2. The summed E-state index contributed by atoms with van der Waals surface area (Å²) in [6, 6.07) is 3.82. The lowest BCUT2D eigenvalue weighted by Crippen LogP contribution is -2.30. The van der Waals surface area contributed by atoms with Crippen LogP contribution in [0.25, 0.3) is 0 Å². The van der Waals surface area contributed by atoms with E-state index >= 15 is 0 Å². The molecule has 28 heavy (non-hydrogen) atoms. The molecule has 0 aliphatic rings. The second-order valence-corrected chi connectivity index (χ2v) is 8.96. The quantitative estimate of drug-likeness (QED) is 0.552. The Labute approximate surface area is 168 Å². The molecule has 2 aromatic rings. The van der Waals surface area contributed by atoms with Crippen molar-refractivity contribution in [1.82, 2.24) is 9.97 Å². The number of anilines is 3. The van der Waals surface area contributed by atoms with E-state index < -0.39 is 20.2 Å². The van der Waals surface area contributed by atoms with Gasteiger partial charge in [0.2, 0.25) is 5.95 Å². The maximum atomic E-state index is 12.6. The Morgan fingerprint density at radius 3 is 2.32 bits per heavy atom. The van der Waals surface area contributed by atoms with Gasteiger partial charge in [0, 0.05) is 11.9 Å². The molecule has 1 atom stereocenters. The summed E-state index contributed by atoms with van der Waals surface area (Å²) in [5.74, 6) is 0.686. The minimum atomic E-state index is -5.40. The predicted molar refractivity (Wildman–Crippen MR) is 102 cm³/mol. The Morgan fingerprint density at radius 2 is 1.82 bits per heavy atom. The Hall–Kier alpha value is -1.92. The van der Waals surface area contributed by atoms with Gasteiger partial charge < -0.3 is 15.7 Å². The Bertz CT molecular complexity index is 922. The summed E-state index contributed by atoms with van der Waals surface area (Å²) >= 11 is 3.30. The van der Waals surface area contributed by atoms with Crippen LogP contribution in [0.1, 0.15) is 13.8 Å². The van der Waals surface area contributed by atoms with Crippen molar-refractivity contribution in [3.05, 3.63) is 34.9 Å². The molecule has 0 radical (unpaired) electrons. The molecule has 0 spiro atoms. The van der Waals surface area contributed by atoms with Crippen LogP contribution in [0.5, 0.6) is 0 Å². The number of aliphatic hydroxyl groups excluding tert-OH is 1. The van der Waals surface area contributed by atoms with Crippen molar-refractivity contribution >= 4 is 43.2 Å². The molecule has 0 saturated heterocycles. The smallest absolute Gasteiger partial charge is 0.394 e. The van der Waals surface area contributed by atoms with E-state index in [1.165, 1.54) is 18.3 Å². The van der Waals surface area contributed by atoms with E-state index in [9.17, 15) is 26.7 Å². The molecule has 7 nitrogen and oxygen atoms in total. The van der Waals surface area contributed by atoms with Crippen LogP contribution in [-0.2, 0) is 9.84 Å². The summed E-state index contributed by atoms with van der Waals surface area (Å²) in [4.78, 5) is 7.46. The highest BCUT2D eigenvalue weighted by atomic mass is 79.9. The molecule has 0 fully saturated rings. The number of benzene rings is 1. The van der Waals surface area contributed by atoms with Crippen LogP contribution in [0, 0.1) is 5.92 Å². The zero-order chi connectivity index (χ0) is 21.1. The van der Waals surface area contributed by atoms with Crippen molar-refractivity contribution < 1.29 is 26.7 Å². The van der Waals surface area contributed by atoms with Crippen LogP contribution in [0.3, 0.4) is 0 Å². The van der Waals surface area contributed by atoms with Gasteiger partial charge >= 0.3 is 5.51 Å². The predicted octanol–water partition coefficient (Wildman–Crippen LogP) is 3.71. The summed E-state index contributed by atoms with van der Waals surface area (Å²) in [6.45, 7) is 3.75. The van der Waals surface area contributed by atoms with E-state index in [4.69, 9.17) is 0 Å². The summed E-state index contributed by atoms with van der Waals surface area (Å²) < 4.78 is 61.1. The van der Waals surface area contributed by atoms with E-state index in [-0.39, 0.29) is 24.5 Å². The summed E-state index contributed by atoms with van der Waals surface area (Å²) in [5.41, 5.74) is -5.06. The van der Waals surface area contributed by atoms with Gasteiger partial charge in [0.25, 0.3) is 9.84 Å². The Balaban J connectivity index is 2.21. The van der Waals surface area contributed by atoms with Crippen LogP contribution in [0.2, 0.25) is 0 Å². The fourth-order valence-corrected chi connectivity index (χ4v) is 3.17. The van der Waals surface area contributed by atoms with E-state index in [1.54, 1.807) is 0 Å². The third kappa shape index (κ3) is 5.11. The lowest BCUT2D eigenvalue weighted by atomic mass is 10.1. The minimum absolute atomic E-state index is 0.105. The number of aliphatic hydroxyl groups is 1. The van der Waals surface area contributed by atoms with Crippen molar-refractivity contribution in [3.8, 4) is 0 Å². The van der Waals surface area contributed by atoms with Crippen LogP contribution in [0.4, 0.5) is 30.6 Å². The molecule has 12 heteroatoms. The molecule has 0 aliphatic carbocycles. The van der Waals surface area contributed by atoms with Crippen molar-refractivity contribution in [3.63, 3.8) is 0 Å². The first kappa shape index (κ1) is 22.4. The number of hydrogen-bond donors (Lipinski definition) is 3. The Kier molecular flexibility index (Phi) is 6.88. The topological polar surface area (TPSA) is 104 Å². The van der Waals surface area contributed by atoms with Gasteiger partial charge in [-0.2, -0.15) is 18.2 Å². The van der Waals surface area contributed by atoms with Gasteiger partial charge in [-0.05, 0) is 46.1 Å². The number of nitrogens with zero attached hydrogens (tertiary/aromatic N) is 2. The second kappa shape index (κ2) is 8.62. The van der Waals surface area contributed by atoms with Crippen molar-refractivity contribution in [1.29, 1.82) is 0 Å². The van der Waals surface area contributed by atoms with Gasteiger partial charge in [-0.25, -0.2) is 13.4 Å². The summed E-state index contributed by atoms with van der Waals surface area (Å²) in [6.07, 6.45) is 1.47. The molecule has 1 heterocycles. The molecule has 0 amide bonds. The largest absolute Gasteiger partial charge is 0.501 e. The molecular formula is C16H18BrF3N4O3S. The minimum Gasteiger partial charge on any atom is -0.394 e. The fraction of sp³-hybridized carbons (Fsp3) is 0.375. The molecular weight excluding hydrogens is 465 g/mol. The van der Waals surface area contributed by atoms with E-state index in [2.05, 4.69) is 36.5 Å². The molecule has 0 aliphatic heterocycles. The zero-order valence-corrected chi connectivity index (χ0v) is 17.2. The number of halogens is 4. The molecule has 1 aromatic carbocycles. The van der Waals surface area contributed by atoms with Gasteiger partial charge in [0.05, 0.1) is 22.0 Å². The zero-order valence-electron chi connectivity index (χ0n) is 14.8. The first-order chi connectivity index (χ1) is 13.0. The number of aromatic nitrogens is 2. The molecule has 3 N–H and O–H groups in total.